The molecule has 0 radical (unpaired) electrons. The summed E-state index contributed by atoms with van der Waals surface area (Å²) in [6.07, 6.45) is 3.24. The highest BCUT2D eigenvalue weighted by Crippen LogP contribution is 2.22. The van der Waals surface area contributed by atoms with E-state index in [-0.39, 0.29) is 0 Å². The topological polar surface area (TPSA) is 30.7 Å². The van der Waals surface area contributed by atoms with Crippen molar-refractivity contribution in [3.05, 3.63) is 11.4 Å². The van der Waals surface area contributed by atoms with E-state index in [1.807, 2.05) is 4.68 Å². The molecule has 0 bridgehead atoms. The molecule has 0 atom stereocenters. The highest BCUT2D eigenvalue weighted by atomic mass is 15.4. The van der Waals surface area contributed by atoms with Gasteiger partial charge in [0.25, 0.3) is 0 Å². The Morgan fingerprint density at radius 3 is 2.33 bits per heavy atom. The van der Waals surface area contributed by atoms with Crippen molar-refractivity contribution in [2.45, 2.75) is 60.4 Å². The maximum atomic E-state index is 4.27. The van der Waals surface area contributed by atoms with Crippen LogP contribution in [0.25, 0.3) is 0 Å². The smallest absolute Gasteiger partial charge is 0.0859 e. The second-order valence-electron chi connectivity index (χ2n) is 5.29. The Morgan fingerprint density at radius 2 is 1.87 bits per heavy atom. The van der Waals surface area contributed by atoms with E-state index in [4.69, 9.17) is 0 Å². The van der Waals surface area contributed by atoms with Gasteiger partial charge in [0.2, 0.25) is 0 Å². The Bertz CT molecular complexity index is 307. The standard InChI is InChI=1S/C12H23N3/c1-6-8-10-11(9-12(3,4)5)15(7-2)14-13-10/h6-9H2,1-5H3. The molecule has 15 heavy (non-hydrogen) atoms. The van der Waals surface area contributed by atoms with Gasteiger partial charge in [0.05, 0.1) is 11.4 Å². The van der Waals surface area contributed by atoms with E-state index < -0.39 is 0 Å². The highest BCUT2D eigenvalue weighted by Gasteiger charge is 2.18. The zero-order valence-electron chi connectivity index (χ0n) is 10.7. The lowest BCUT2D eigenvalue weighted by Crippen LogP contribution is -2.15. The van der Waals surface area contributed by atoms with Crippen molar-refractivity contribution in [1.82, 2.24) is 15.0 Å². The van der Waals surface area contributed by atoms with Gasteiger partial charge in [-0.1, -0.05) is 39.3 Å². The first-order valence-corrected chi connectivity index (χ1v) is 5.89. The van der Waals surface area contributed by atoms with Crippen LogP contribution in [0.1, 0.15) is 52.4 Å². The number of nitrogens with zero attached hydrogens (tertiary/aromatic N) is 3. The van der Waals surface area contributed by atoms with E-state index in [2.05, 4.69) is 44.9 Å². The third-order valence-corrected chi connectivity index (χ3v) is 2.40. The van der Waals surface area contributed by atoms with E-state index in [0.29, 0.717) is 5.41 Å². The monoisotopic (exact) mass is 209 g/mol. The van der Waals surface area contributed by atoms with Gasteiger partial charge < -0.3 is 0 Å². The Labute approximate surface area is 92.9 Å². The molecular formula is C12H23N3. The van der Waals surface area contributed by atoms with Crippen molar-refractivity contribution in [1.29, 1.82) is 0 Å². The predicted molar refractivity (Wildman–Crippen MR) is 62.9 cm³/mol. The molecule has 1 aromatic heterocycles. The molecule has 1 aromatic rings. The molecule has 0 N–H and O–H groups in total. The highest BCUT2D eigenvalue weighted by molar-refractivity contribution is 5.12. The van der Waals surface area contributed by atoms with E-state index in [0.717, 1.165) is 25.8 Å². The van der Waals surface area contributed by atoms with Crippen molar-refractivity contribution in [2.75, 3.05) is 0 Å². The molecule has 0 saturated carbocycles. The van der Waals surface area contributed by atoms with Crippen molar-refractivity contribution in [2.24, 2.45) is 5.41 Å². The molecule has 3 nitrogen and oxygen atoms in total. The maximum absolute atomic E-state index is 4.27. The van der Waals surface area contributed by atoms with Gasteiger partial charge in [0.15, 0.2) is 0 Å². The molecule has 0 aliphatic carbocycles. The molecule has 0 fully saturated rings. The first-order chi connectivity index (χ1) is 6.98. The minimum absolute atomic E-state index is 0.303. The predicted octanol–water partition coefficient (Wildman–Crippen LogP) is 2.84. The number of aromatic nitrogens is 3. The summed E-state index contributed by atoms with van der Waals surface area (Å²) in [7, 11) is 0. The van der Waals surface area contributed by atoms with Crippen molar-refractivity contribution in [3.63, 3.8) is 0 Å². The molecule has 0 aromatic carbocycles. The minimum atomic E-state index is 0.303. The zero-order chi connectivity index (χ0) is 11.5. The molecule has 0 aliphatic heterocycles. The fraction of sp³-hybridized carbons (Fsp3) is 0.833. The van der Waals surface area contributed by atoms with Crippen LogP contribution < -0.4 is 0 Å². The van der Waals surface area contributed by atoms with Crippen LogP contribution in [0.15, 0.2) is 0 Å². The summed E-state index contributed by atoms with van der Waals surface area (Å²) < 4.78 is 2.04. The third kappa shape index (κ3) is 3.33. The van der Waals surface area contributed by atoms with Gasteiger partial charge in [-0.2, -0.15) is 0 Å². The van der Waals surface area contributed by atoms with Crippen LogP contribution in [0.5, 0.6) is 0 Å². The SMILES string of the molecule is CCCc1nnn(CC)c1CC(C)(C)C. The van der Waals surface area contributed by atoms with Crippen molar-refractivity contribution >= 4 is 0 Å². The third-order valence-electron chi connectivity index (χ3n) is 2.40. The molecule has 0 spiro atoms. The van der Waals surface area contributed by atoms with E-state index in [1.54, 1.807) is 0 Å². The molecule has 1 heterocycles. The summed E-state index contributed by atoms with van der Waals surface area (Å²) in [5.74, 6) is 0. The quantitative estimate of drug-likeness (QED) is 0.763. The molecule has 86 valence electrons. The zero-order valence-corrected chi connectivity index (χ0v) is 10.7. The van der Waals surface area contributed by atoms with E-state index >= 15 is 0 Å². The van der Waals surface area contributed by atoms with E-state index in [1.165, 1.54) is 11.4 Å². The number of aryl methyl sites for hydroxylation is 2. The van der Waals surface area contributed by atoms with Crippen LogP contribution in [0.3, 0.4) is 0 Å². The van der Waals surface area contributed by atoms with Gasteiger partial charge in [-0.3, -0.25) is 0 Å². The molecule has 0 unspecified atom stereocenters. The van der Waals surface area contributed by atoms with Crippen molar-refractivity contribution < 1.29 is 0 Å². The number of hydrogen-bond donors (Lipinski definition) is 0. The van der Waals surface area contributed by atoms with Crippen molar-refractivity contribution in [3.8, 4) is 0 Å². The molecule has 0 aliphatic rings. The number of hydrogen-bond acceptors (Lipinski definition) is 2. The average molecular weight is 209 g/mol. The second kappa shape index (κ2) is 4.77. The van der Waals surface area contributed by atoms with Crippen LogP contribution >= 0.6 is 0 Å². The first kappa shape index (κ1) is 12.2. The Balaban J connectivity index is 2.94. The maximum Gasteiger partial charge on any atom is 0.0859 e. The van der Waals surface area contributed by atoms with Gasteiger partial charge in [-0.05, 0) is 25.2 Å². The average Bonchev–Trinajstić information content (AvgIpc) is 2.47. The van der Waals surface area contributed by atoms with Gasteiger partial charge >= 0.3 is 0 Å². The molecule has 0 saturated heterocycles. The summed E-state index contributed by atoms with van der Waals surface area (Å²) in [5, 5.41) is 8.48. The minimum Gasteiger partial charge on any atom is -0.249 e. The Hall–Kier alpha value is -0.860. The lowest BCUT2D eigenvalue weighted by atomic mass is 9.89. The van der Waals surface area contributed by atoms with Gasteiger partial charge in [0, 0.05) is 6.54 Å². The summed E-state index contributed by atoms with van der Waals surface area (Å²) in [4.78, 5) is 0. The van der Waals surface area contributed by atoms with Crippen LogP contribution in [-0.4, -0.2) is 15.0 Å². The van der Waals surface area contributed by atoms with E-state index in [9.17, 15) is 0 Å². The number of rotatable bonds is 4. The summed E-state index contributed by atoms with van der Waals surface area (Å²) in [5.41, 5.74) is 2.82. The normalized spacial score (nSPS) is 12.1. The van der Waals surface area contributed by atoms with Gasteiger partial charge in [0.1, 0.15) is 0 Å². The lowest BCUT2D eigenvalue weighted by Gasteiger charge is -2.19. The van der Waals surface area contributed by atoms with Crippen LogP contribution in [0, 0.1) is 5.41 Å². The van der Waals surface area contributed by atoms with Gasteiger partial charge in [-0.25, -0.2) is 4.68 Å². The Morgan fingerprint density at radius 1 is 1.20 bits per heavy atom. The lowest BCUT2D eigenvalue weighted by molar-refractivity contribution is 0.392. The largest absolute Gasteiger partial charge is 0.249 e. The van der Waals surface area contributed by atoms with Crippen LogP contribution in [0.2, 0.25) is 0 Å². The van der Waals surface area contributed by atoms with Gasteiger partial charge in [-0.15, -0.1) is 5.10 Å². The van der Waals surface area contributed by atoms with Crippen LogP contribution in [-0.2, 0) is 19.4 Å². The summed E-state index contributed by atoms with van der Waals surface area (Å²) in [6, 6.07) is 0. The fourth-order valence-corrected chi connectivity index (χ4v) is 1.75. The molecule has 3 heteroatoms. The second-order valence-corrected chi connectivity index (χ2v) is 5.29. The summed E-state index contributed by atoms with van der Waals surface area (Å²) in [6.45, 7) is 12.0. The molecule has 1 rings (SSSR count). The molecular weight excluding hydrogens is 186 g/mol. The van der Waals surface area contributed by atoms with Crippen LogP contribution in [0.4, 0.5) is 0 Å². The fourth-order valence-electron chi connectivity index (χ4n) is 1.75. The first-order valence-electron chi connectivity index (χ1n) is 5.89. The molecule has 0 amide bonds. The Kier molecular flexibility index (Phi) is 3.89. The summed E-state index contributed by atoms with van der Waals surface area (Å²) >= 11 is 0.